The van der Waals surface area contributed by atoms with Gasteiger partial charge in [0.15, 0.2) is 0 Å². The van der Waals surface area contributed by atoms with Crippen molar-refractivity contribution in [3.8, 4) is 0 Å². The Morgan fingerprint density at radius 3 is 2.65 bits per heavy atom. The molecule has 0 aromatic heterocycles. The van der Waals surface area contributed by atoms with Crippen LogP contribution in [0.25, 0.3) is 0 Å². The lowest BCUT2D eigenvalue weighted by molar-refractivity contribution is 0.189. The minimum atomic E-state index is -3.81. The van der Waals surface area contributed by atoms with Crippen molar-refractivity contribution < 1.29 is 13.5 Å². The Labute approximate surface area is 101 Å². The van der Waals surface area contributed by atoms with E-state index < -0.39 is 16.1 Å². The fourth-order valence-corrected chi connectivity index (χ4v) is 2.05. The number of nitrogens with two attached hydrogens (primary N) is 2. The number of nitrogens with one attached hydrogen (secondary N) is 1. The van der Waals surface area contributed by atoms with E-state index in [-0.39, 0.29) is 10.6 Å². The number of nitrogen functional groups attached to an aromatic ring is 1. The van der Waals surface area contributed by atoms with E-state index in [1.54, 1.807) is 19.1 Å². The van der Waals surface area contributed by atoms with E-state index in [0.29, 0.717) is 18.7 Å². The largest absolute Gasteiger partial charge is 0.396 e. The van der Waals surface area contributed by atoms with Gasteiger partial charge < -0.3 is 16.2 Å². The number of anilines is 2. The normalized spacial score (nSPS) is 13.4. The van der Waals surface area contributed by atoms with Crippen molar-refractivity contribution in [3.63, 3.8) is 0 Å². The van der Waals surface area contributed by atoms with Crippen LogP contribution in [-0.2, 0) is 10.0 Å². The van der Waals surface area contributed by atoms with Crippen molar-refractivity contribution in [2.45, 2.75) is 24.3 Å². The standard InChI is InChI=1S/C10H17N3O3S/c1-7(14)5-6-13-8-3-2-4-9(10(8)11)17(12,15)16/h2-4,7,13-14H,5-6,11H2,1H3,(H2,12,15,16). The van der Waals surface area contributed by atoms with Crippen LogP contribution in [0.15, 0.2) is 23.1 Å². The van der Waals surface area contributed by atoms with E-state index in [2.05, 4.69) is 5.32 Å². The summed E-state index contributed by atoms with van der Waals surface area (Å²) in [5, 5.41) is 17.1. The number of aliphatic hydroxyl groups excluding tert-OH is 1. The van der Waals surface area contributed by atoms with Crippen LogP contribution in [0.5, 0.6) is 0 Å². The average Bonchev–Trinajstić information content (AvgIpc) is 2.18. The Morgan fingerprint density at radius 1 is 1.47 bits per heavy atom. The lowest BCUT2D eigenvalue weighted by Crippen LogP contribution is -2.16. The van der Waals surface area contributed by atoms with Gasteiger partial charge in [-0.05, 0) is 25.5 Å². The predicted molar refractivity (Wildman–Crippen MR) is 67.0 cm³/mol. The summed E-state index contributed by atoms with van der Waals surface area (Å²) in [5.41, 5.74) is 6.30. The number of hydrogen-bond acceptors (Lipinski definition) is 5. The molecule has 0 amide bonds. The molecule has 0 aliphatic rings. The molecule has 0 saturated heterocycles. The third-order valence-electron chi connectivity index (χ3n) is 2.25. The summed E-state index contributed by atoms with van der Waals surface area (Å²) in [6.45, 7) is 2.17. The Hall–Kier alpha value is -1.31. The molecule has 1 atom stereocenters. The highest BCUT2D eigenvalue weighted by atomic mass is 32.2. The fraction of sp³-hybridized carbons (Fsp3) is 0.400. The van der Waals surface area contributed by atoms with E-state index in [9.17, 15) is 8.42 Å². The lowest BCUT2D eigenvalue weighted by atomic mass is 10.2. The van der Waals surface area contributed by atoms with Gasteiger partial charge >= 0.3 is 0 Å². The first-order valence-electron chi connectivity index (χ1n) is 5.15. The molecular weight excluding hydrogens is 242 g/mol. The molecule has 1 aromatic rings. The zero-order valence-corrected chi connectivity index (χ0v) is 10.4. The summed E-state index contributed by atoms with van der Waals surface area (Å²) in [7, 11) is -3.81. The highest BCUT2D eigenvalue weighted by molar-refractivity contribution is 7.89. The lowest BCUT2D eigenvalue weighted by Gasteiger charge is -2.12. The van der Waals surface area contributed by atoms with Gasteiger partial charge in [0.05, 0.1) is 17.5 Å². The maximum atomic E-state index is 11.2. The van der Waals surface area contributed by atoms with Gasteiger partial charge in [0.25, 0.3) is 0 Å². The zero-order chi connectivity index (χ0) is 13.1. The first-order valence-corrected chi connectivity index (χ1v) is 6.70. The molecule has 0 radical (unpaired) electrons. The molecule has 17 heavy (non-hydrogen) atoms. The Morgan fingerprint density at radius 2 is 2.12 bits per heavy atom. The predicted octanol–water partition coefficient (Wildman–Crippen LogP) is 0.0990. The van der Waals surface area contributed by atoms with Crippen LogP contribution < -0.4 is 16.2 Å². The van der Waals surface area contributed by atoms with E-state index in [0.717, 1.165) is 0 Å². The molecule has 1 aromatic carbocycles. The zero-order valence-electron chi connectivity index (χ0n) is 9.55. The molecule has 96 valence electrons. The maximum Gasteiger partial charge on any atom is 0.240 e. The second-order valence-corrected chi connectivity index (χ2v) is 5.36. The summed E-state index contributed by atoms with van der Waals surface area (Å²) < 4.78 is 22.4. The van der Waals surface area contributed by atoms with Crippen LogP contribution in [-0.4, -0.2) is 26.2 Å². The molecule has 0 spiro atoms. The number of hydrogen-bond donors (Lipinski definition) is 4. The topological polar surface area (TPSA) is 118 Å². The van der Waals surface area contributed by atoms with Crippen LogP contribution >= 0.6 is 0 Å². The molecule has 7 heteroatoms. The van der Waals surface area contributed by atoms with Gasteiger partial charge in [-0.3, -0.25) is 0 Å². The Bertz CT molecular complexity index is 486. The third-order valence-corrected chi connectivity index (χ3v) is 3.22. The highest BCUT2D eigenvalue weighted by Crippen LogP contribution is 2.25. The minimum Gasteiger partial charge on any atom is -0.396 e. The van der Waals surface area contributed by atoms with Crippen molar-refractivity contribution in [2.24, 2.45) is 5.14 Å². The van der Waals surface area contributed by atoms with Crippen molar-refractivity contribution >= 4 is 21.4 Å². The minimum absolute atomic E-state index is 0.0976. The van der Waals surface area contributed by atoms with Crippen molar-refractivity contribution in [1.29, 1.82) is 0 Å². The van der Waals surface area contributed by atoms with E-state index in [1.165, 1.54) is 6.07 Å². The van der Waals surface area contributed by atoms with Crippen molar-refractivity contribution in [3.05, 3.63) is 18.2 Å². The van der Waals surface area contributed by atoms with Gasteiger partial charge in [0.1, 0.15) is 4.90 Å². The molecule has 6 nitrogen and oxygen atoms in total. The Kier molecular flexibility index (Phi) is 4.33. The molecule has 0 bridgehead atoms. The summed E-state index contributed by atoms with van der Waals surface area (Å²) >= 11 is 0. The Balaban J connectivity index is 2.88. The van der Waals surface area contributed by atoms with Crippen LogP contribution in [0.1, 0.15) is 13.3 Å². The highest BCUT2D eigenvalue weighted by Gasteiger charge is 2.14. The van der Waals surface area contributed by atoms with Gasteiger partial charge in [0.2, 0.25) is 10.0 Å². The van der Waals surface area contributed by atoms with Crippen molar-refractivity contribution in [2.75, 3.05) is 17.6 Å². The number of primary sulfonamides is 1. The maximum absolute atomic E-state index is 11.2. The quantitative estimate of drug-likeness (QED) is 0.559. The molecule has 0 heterocycles. The molecule has 1 unspecified atom stereocenters. The molecule has 0 aliphatic carbocycles. The number of para-hydroxylation sites is 1. The second-order valence-electron chi connectivity index (χ2n) is 3.83. The molecule has 6 N–H and O–H groups in total. The van der Waals surface area contributed by atoms with Gasteiger partial charge in [-0.25, -0.2) is 13.6 Å². The fourth-order valence-electron chi connectivity index (χ4n) is 1.36. The van der Waals surface area contributed by atoms with E-state index >= 15 is 0 Å². The first kappa shape index (κ1) is 13.8. The van der Waals surface area contributed by atoms with Crippen LogP contribution in [0.2, 0.25) is 0 Å². The summed E-state index contributed by atoms with van der Waals surface area (Å²) in [6, 6.07) is 4.57. The van der Waals surface area contributed by atoms with Crippen molar-refractivity contribution in [1.82, 2.24) is 0 Å². The van der Waals surface area contributed by atoms with E-state index in [1.807, 2.05) is 0 Å². The molecular formula is C10H17N3O3S. The SMILES string of the molecule is CC(O)CCNc1cccc(S(N)(=O)=O)c1N. The first-order chi connectivity index (χ1) is 7.82. The van der Waals surface area contributed by atoms with Gasteiger partial charge in [-0.1, -0.05) is 6.07 Å². The van der Waals surface area contributed by atoms with Crippen LogP contribution in [0.3, 0.4) is 0 Å². The number of benzene rings is 1. The van der Waals surface area contributed by atoms with Crippen LogP contribution in [0.4, 0.5) is 11.4 Å². The average molecular weight is 259 g/mol. The van der Waals surface area contributed by atoms with Crippen LogP contribution in [0, 0.1) is 0 Å². The summed E-state index contributed by atoms with van der Waals surface area (Å²) in [5.74, 6) is 0. The molecule has 0 fully saturated rings. The monoisotopic (exact) mass is 259 g/mol. The van der Waals surface area contributed by atoms with E-state index in [4.69, 9.17) is 16.0 Å². The number of aliphatic hydroxyl groups is 1. The second kappa shape index (κ2) is 5.35. The molecule has 1 rings (SSSR count). The number of sulfonamides is 1. The molecule has 0 saturated carbocycles. The smallest absolute Gasteiger partial charge is 0.240 e. The molecule has 0 aliphatic heterocycles. The summed E-state index contributed by atoms with van der Waals surface area (Å²) in [6.07, 6.45) is 0.115. The van der Waals surface area contributed by atoms with Gasteiger partial charge in [-0.15, -0.1) is 0 Å². The number of rotatable bonds is 5. The van der Waals surface area contributed by atoms with Gasteiger partial charge in [0, 0.05) is 6.54 Å². The summed E-state index contributed by atoms with van der Waals surface area (Å²) in [4.78, 5) is -0.0976. The third kappa shape index (κ3) is 3.88. The van der Waals surface area contributed by atoms with Gasteiger partial charge in [-0.2, -0.15) is 0 Å².